The number of aryl methyl sites for hydroxylation is 2. The predicted octanol–water partition coefficient (Wildman–Crippen LogP) is 5.39. The molecule has 1 aliphatic heterocycles. The number of aromatic nitrogens is 2. The quantitative estimate of drug-likeness (QED) is 0.401. The van der Waals surface area contributed by atoms with Crippen molar-refractivity contribution >= 4 is 22.6 Å². The molecular formula is C27H26FN3O2. The lowest BCUT2D eigenvalue weighted by Gasteiger charge is -2.17. The van der Waals surface area contributed by atoms with Gasteiger partial charge in [-0.25, -0.2) is 9.37 Å². The Bertz CT molecular complexity index is 1290. The number of hydrogen-bond donors (Lipinski definition) is 0. The molecule has 0 N–H and O–H groups in total. The van der Waals surface area contributed by atoms with E-state index in [1.165, 1.54) is 23.3 Å². The van der Waals surface area contributed by atoms with Crippen LogP contribution < -0.4 is 9.64 Å². The van der Waals surface area contributed by atoms with Crippen LogP contribution in [-0.2, 0) is 11.3 Å². The lowest BCUT2D eigenvalue weighted by atomic mass is 10.1. The summed E-state index contributed by atoms with van der Waals surface area (Å²) in [5, 5.41) is 0. The highest BCUT2D eigenvalue weighted by atomic mass is 19.1. The summed E-state index contributed by atoms with van der Waals surface area (Å²) in [4.78, 5) is 19.4. The third kappa shape index (κ3) is 4.33. The SMILES string of the molecule is Cc1cc(C)cc(OCCn2c([C@H]3CC(=O)N(c4ccc(F)cc4)C3)nc3ccccc32)c1. The van der Waals surface area contributed by atoms with Gasteiger partial charge in [0, 0.05) is 24.6 Å². The molecule has 0 aliphatic carbocycles. The summed E-state index contributed by atoms with van der Waals surface area (Å²) in [6, 6.07) is 20.3. The maximum atomic E-state index is 13.3. The lowest BCUT2D eigenvalue weighted by Crippen LogP contribution is -2.24. The topological polar surface area (TPSA) is 47.4 Å². The van der Waals surface area contributed by atoms with E-state index in [0.717, 1.165) is 22.6 Å². The minimum Gasteiger partial charge on any atom is -0.492 e. The number of ether oxygens (including phenoxy) is 1. The van der Waals surface area contributed by atoms with E-state index in [0.29, 0.717) is 31.8 Å². The highest BCUT2D eigenvalue weighted by Gasteiger charge is 2.34. The van der Waals surface area contributed by atoms with E-state index in [2.05, 4.69) is 30.5 Å². The van der Waals surface area contributed by atoms with Gasteiger partial charge in [0.1, 0.15) is 24.0 Å². The number of nitrogens with zero attached hydrogens (tertiary/aromatic N) is 3. The molecule has 1 atom stereocenters. The number of hydrogen-bond acceptors (Lipinski definition) is 3. The molecular weight excluding hydrogens is 417 g/mol. The molecule has 2 heterocycles. The smallest absolute Gasteiger partial charge is 0.227 e. The zero-order valence-electron chi connectivity index (χ0n) is 18.8. The van der Waals surface area contributed by atoms with E-state index >= 15 is 0 Å². The van der Waals surface area contributed by atoms with Crippen molar-refractivity contribution in [2.24, 2.45) is 0 Å². The summed E-state index contributed by atoms with van der Waals surface area (Å²) >= 11 is 0. The Morgan fingerprint density at radius 1 is 1.03 bits per heavy atom. The van der Waals surface area contributed by atoms with Crippen LogP contribution in [0.3, 0.4) is 0 Å². The molecule has 5 rings (SSSR count). The molecule has 1 amide bonds. The number of carbonyl (C=O) groups excluding carboxylic acids is 1. The standard InChI is InChI=1S/C27H26FN3O2/c1-18-13-19(2)15-23(14-18)33-12-11-30-25-6-4-3-5-24(25)29-27(30)20-16-26(32)31(17-20)22-9-7-21(28)8-10-22/h3-10,13-15,20H,11-12,16-17H2,1-2H3/t20-/m0/s1. The number of halogens is 1. The minimum atomic E-state index is -0.312. The predicted molar refractivity (Wildman–Crippen MR) is 127 cm³/mol. The molecule has 1 fully saturated rings. The number of benzene rings is 3. The Morgan fingerprint density at radius 3 is 2.52 bits per heavy atom. The number of rotatable bonds is 6. The van der Waals surface area contributed by atoms with Crippen LogP contribution in [0.1, 0.15) is 29.3 Å². The first kappa shape index (κ1) is 21.2. The Labute approximate surface area is 192 Å². The van der Waals surface area contributed by atoms with Crippen molar-refractivity contribution in [3.05, 3.63) is 89.5 Å². The average molecular weight is 444 g/mol. The fourth-order valence-corrected chi connectivity index (χ4v) is 4.66. The second kappa shape index (κ2) is 8.70. The van der Waals surface area contributed by atoms with Crippen LogP contribution in [0, 0.1) is 19.7 Å². The van der Waals surface area contributed by atoms with Crippen molar-refractivity contribution in [1.29, 1.82) is 0 Å². The van der Waals surface area contributed by atoms with Crippen molar-refractivity contribution in [3.63, 3.8) is 0 Å². The van der Waals surface area contributed by atoms with Gasteiger partial charge in [-0.3, -0.25) is 4.79 Å². The van der Waals surface area contributed by atoms with Crippen molar-refractivity contribution in [1.82, 2.24) is 9.55 Å². The molecule has 1 saturated heterocycles. The monoisotopic (exact) mass is 443 g/mol. The van der Waals surface area contributed by atoms with Crippen LogP contribution in [0.2, 0.25) is 0 Å². The van der Waals surface area contributed by atoms with E-state index < -0.39 is 0 Å². The zero-order valence-corrected chi connectivity index (χ0v) is 18.8. The first-order valence-electron chi connectivity index (χ1n) is 11.2. The normalized spacial score (nSPS) is 16.0. The first-order valence-corrected chi connectivity index (χ1v) is 11.2. The van der Waals surface area contributed by atoms with Crippen LogP contribution in [0.4, 0.5) is 10.1 Å². The molecule has 0 saturated carbocycles. The van der Waals surface area contributed by atoms with Gasteiger partial charge in [-0.15, -0.1) is 0 Å². The second-order valence-corrected chi connectivity index (χ2v) is 8.66. The third-order valence-electron chi connectivity index (χ3n) is 6.09. The van der Waals surface area contributed by atoms with Crippen molar-refractivity contribution in [2.45, 2.75) is 32.7 Å². The number of fused-ring (bicyclic) bond motifs is 1. The van der Waals surface area contributed by atoms with Crippen molar-refractivity contribution in [2.75, 3.05) is 18.1 Å². The van der Waals surface area contributed by atoms with Gasteiger partial charge in [0.2, 0.25) is 5.91 Å². The molecule has 6 heteroatoms. The van der Waals surface area contributed by atoms with Gasteiger partial charge in [0.25, 0.3) is 0 Å². The van der Waals surface area contributed by atoms with Crippen LogP contribution >= 0.6 is 0 Å². The summed E-state index contributed by atoms with van der Waals surface area (Å²) in [6.45, 7) is 5.77. The second-order valence-electron chi connectivity index (χ2n) is 8.66. The molecule has 3 aromatic carbocycles. The van der Waals surface area contributed by atoms with Crippen molar-refractivity contribution in [3.8, 4) is 5.75 Å². The minimum absolute atomic E-state index is 0.0247. The van der Waals surface area contributed by atoms with Gasteiger partial charge in [0.05, 0.1) is 17.6 Å². The molecule has 168 valence electrons. The highest BCUT2D eigenvalue weighted by molar-refractivity contribution is 5.96. The molecule has 0 spiro atoms. The molecule has 1 aliphatic rings. The lowest BCUT2D eigenvalue weighted by molar-refractivity contribution is -0.117. The maximum Gasteiger partial charge on any atom is 0.227 e. The van der Waals surface area contributed by atoms with E-state index in [-0.39, 0.29) is 17.6 Å². The summed E-state index contributed by atoms with van der Waals surface area (Å²) in [7, 11) is 0. The van der Waals surface area contributed by atoms with E-state index in [1.54, 1.807) is 17.0 Å². The fraction of sp³-hybridized carbons (Fsp3) is 0.259. The van der Waals surface area contributed by atoms with Gasteiger partial charge in [-0.1, -0.05) is 18.2 Å². The Hall–Kier alpha value is -3.67. The summed E-state index contributed by atoms with van der Waals surface area (Å²) < 4.78 is 21.6. The number of carbonyl (C=O) groups is 1. The van der Waals surface area contributed by atoms with Gasteiger partial charge in [0.15, 0.2) is 0 Å². The Kier molecular flexibility index (Phi) is 5.58. The first-order chi connectivity index (χ1) is 16.0. The molecule has 33 heavy (non-hydrogen) atoms. The number of para-hydroxylation sites is 2. The van der Waals surface area contributed by atoms with Gasteiger partial charge < -0.3 is 14.2 Å². The number of imidazole rings is 1. The van der Waals surface area contributed by atoms with Crippen LogP contribution in [0.25, 0.3) is 11.0 Å². The average Bonchev–Trinajstić information content (AvgIpc) is 3.34. The molecule has 1 aromatic heterocycles. The van der Waals surface area contributed by atoms with Gasteiger partial charge in [-0.2, -0.15) is 0 Å². The maximum absolute atomic E-state index is 13.3. The molecule has 0 bridgehead atoms. The molecule has 4 aromatic rings. The summed E-state index contributed by atoms with van der Waals surface area (Å²) in [5.41, 5.74) is 4.99. The van der Waals surface area contributed by atoms with Gasteiger partial charge >= 0.3 is 0 Å². The fourth-order valence-electron chi connectivity index (χ4n) is 4.66. The summed E-state index contributed by atoms with van der Waals surface area (Å²) in [6.07, 6.45) is 0.374. The van der Waals surface area contributed by atoms with E-state index in [1.807, 2.05) is 30.3 Å². The highest BCUT2D eigenvalue weighted by Crippen LogP contribution is 2.33. The Balaban J connectivity index is 1.40. The van der Waals surface area contributed by atoms with E-state index in [4.69, 9.17) is 9.72 Å². The summed E-state index contributed by atoms with van der Waals surface area (Å²) in [5.74, 6) is 1.41. The Morgan fingerprint density at radius 2 is 1.76 bits per heavy atom. The van der Waals surface area contributed by atoms with Crippen LogP contribution in [0.15, 0.2) is 66.7 Å². The van der Waals surface area contributed by atoms with Gasteiger partial charge in [-0.05, 0) is 73.5 Å². The van der Waals surface area contributed by atoms with E-state index in [9.17, 15) is 9.18 Å². The largest absolute Gasteiger partial charge is 0.492 e. The van der Waals surface area contributed by atoms with Crippen molar-refractivity contribution < 1.29 is 13.9 Å². The molecule has 0 radical (unpaired) electrons. The number of anilines is 1. The van der Waals surface area contributed by atoms with Crippen LogP contribution in [0.5, 0.6) is 5.75 Å². The molecule has 0 unspecified atom stereocenters. The third-order valence-corrected chi connectivity index (χ3v) is 6.09. The number of amides is 1. The molecule has 5 nitrogen and oxygen atoms in total. The zero-order chi connectivity index (χ0) is 22.9. The van der Waals surface area contributed by atoms with Crippen LogP contribution in [-0.4, -0.2) is 28.6 Å².